The Morgan fingerprint density at radius 1 is 0.951 bits per heavy atom. The Labute approximate surface area is 241 Å². The molecule has 2 aromatic carbocycles. The first-order valence-electron chi connectivity index (χ1n) is 13.7. The van der Waals surface area contributed by atoms with Crippen LogP contribution in [0.25, 0.3) is 0 Å². The summed E-state index contributed by atoms with van der Waals surface area (Å²) in [6, 6.07) is 0. The second-order valence-corrected chi connectivity index (χ2v) is 12.0. The molecule has 0 aromatic heterocycles. The Kier molecular flexibility index (Phi) is 9.03. The van der Waals surface area contributed by atoms with Crippen molar-refractivity contribution in [2.45, 2.75) is 92.3 Å². The van der Waals surface area contributed by atoms with Crippen molar-refractivity contribution < 1.29 is 44.6 Å². The smallest absolute Gasteiger partial charge is 0.167 e. The molecule has 2 aromatic rings. The van der Waals surface area contributed by atoms with Crippen molar-refractivity contribution in [3.63, 3.8) is 0 Å². The summed E-state index contributed by atoms with van der Waals surface area (Å²) in [5, 5.41) is 57.0. The Balaban J connectivity index is 2.49. The lowest BCUT2D eigenvalue weighted by molar-refractivity contribution is -0.0232. The topological polar surface area (TPSA) is 154 Å². The molecule has 0 unspecified atom stereocenters. The number of ether oxygens (including phenoxy) is 2. The fourth-order valence-corrected chi connectivity index (χ4v) is 5.52. The lowest BCUT2D eigenvalue weighted by Crippen LogP contribution is -2.39. The maximum absolute atomic E-state index is 12.8. The predicted octanol–water partition coefficient (Wildman–Crippen LogP) is 5.68. The van der Waals surface area contributed by atoms with Crippen LogP contribution in [0.3, 0.4) is 0 Å². The van der Waals surface area contributed by atoms with Crippen LogP contribution in [-0.2, 0) is 12.8 Å². The number of aliphatic hydroxyl groups is 1. The highest BCUT2D eigenvalue weighted by atomic mass is 16.5. The van der Waals surface area contributed by atoms with Crippen LogP contribution in [0.5, 0.6) is 34.5 Å². The molecule has 224 valence electrons. The molecule has 1 aliphatic rings. The van der Waals surface area contributed by atoms with Crippen LogP contribution in [0.15, 0.2) is 11.6 Å². The number of benzene rings is 2. The van der Waals surface area contributed by atoms with Crippen molar-refractivity contribution in [2.75, 3.05) is 7.11 Å². The number of aromatic hydroxyl groups is 4. The van der Waals surface area contributed by atoms with Crippen LogP contribution in [0.2, 0.25) is 0 Å². The minimum Gasteiger partial charge on any atom is -0.507 e. The highest BCUT2D eigenvalue weighted by Crippen LogP contribution is 2.56. The summed E-state index contributed by atoms with van der Waals surface area (Å²) in [4.78, 5) is 25.7. The van der Waals surface area contributed by atoms with E-state index in [2.05, 4.69) is 0 Å². The Morgan fingerprint density at radius 2 is 1.49 bits per heavy atom. The van der Waals surface area contributed by atoms with Gasteiger partial charge in [0.2, 0.25) is 0 Å². The molecule has 0 amide bonds. The van der Waals surface area contributed by atoms with Gasteiger partial charge in [-0.2, -0.15) is 0 Å². The number of rotatable bonds is 10. The van der Waals surface area contributed by atoms with Crippen molar-refractivity contribution in [1.29, 1.82) is 0 Å². The van der Waals surface area contributed by atoms with E-state index in [-0.39, 0.29) is 81.6 Å². The number of carbonyl (C=O) groups excluding carboxylic acids is 2. The first-order valence-corrected chi connectivity index (χ1v) is 13.7. The molecule has 3 rings (SSSR count). The van der Waals surface area contributed by atoms with Gasteiger partial charge < -0.3 is 35.0 Å². The number of fused-ring (bicyclic) bond motifs is 1. The first kappa shape index (κ1) is 31.8. The molecule has 0 aliphatic carbocycles. The quantitative estimate of drug-likeness (QED) is 0.179. The second kappa shape index (κ2) is 11.6. The van der Waals surface area contributed by atoms with Gasteiger partial charge in [0.05, 0.1) is 12.7 Å². The van der Waals surface area contributed by atoms with Crippen molar-refractivity contribution >= 4 is 11.6 Å². The number of phenolic OH excluding ortho intramolecular Hbond substituents is 4. The Bertz CT molecular complexity index is 1410. The van der Waals surface area contributed by atoms with Crippen molar-refractivity contribution in [2.24, 2.45) is 5.92 Å². The number of allylic oxidation sites excluding steroid dienone is 2. The van der Waals surface area contributed by atoms with Gasteiger partial charge in [-0.25, -0.2) is 0 Å². The summed E-state index contributed by atoms with van der Waals surface area (Å²) in [6.07, 6.45) is 1.48. The van der Waals surface area contributed by atoms with Gasteiger partial charge in [-0.05, 0) is 60.3 Å². The van der Waals surface area contributed by atoms with E-state index in [0.29, 0.717) is 0 Å². The Hall–Kier alpha value is -3.72. The normalized spacial score (nSPS) is 15.3. The standard InChI is InChI=1S/C32H42O9/c1-14(2)10-11-18-26(35)24(28(37)22(16(5)33)30(18)40-9)19(12-15(3)4)25-27(36)20-13-21(32(7,8)39)41-31(20)23(17(6)34)29(25)38/h10,15,19,21,35-39H,11-13H2,1-9H3/t19-,21+/m0/s1. The largest absolute Gasteiger partial charge is 0.507 e. The van der Waals surface area contributed by atoms with E-state index in [1.807, 2.05) is 33.8 Å². The Morgan fingerprint density at radius 3 is 1.95 bits per heavy atom. The average Bonchev–Trinajstić information content (AvgIpc) is 3.28. The molecule has 9 heteroatoms. The molecule has 0 fully saturated rings. The molecule has 1 heterocycles. The third-order valence-electron chi connectivity index (χ3n) is 7.53. The monoisotopic (exact) mass is 570 g/mol. The highest BCUT2D eigenvalue weighted by molar-refractivity contribution is 6.02. The average molecular weight is 571 g/mol. The van der Waals surface area contributed by atoms with Gasteiger partial charge >= 0.3 is 0 Å². The number of hydrogen-bond donors (Lipinski definition) is 5. The van der Waals surface area contributed by atoms with Gasteiger partial charge in [0.25, 0.3) is 0 Å². The summed E-state index contributed by atoms with van der Waals surface area (Å²) in [5.41, 5.74) is -0.340. The van der Waals surface area contributed by atoms with Gasteiger partial charge in [0, 0.05) is 34.6 Å². The maximum atomic E-state index is 12.8. The number of hydrogen-bond acceptors (Lipinski definition) is 9. The zero-order valence-corrected chi connectivity index (χ0v) is 25.3. The van der Waals surface area contributed by atoms with Crippen LogP contribution in [0.1, 0.15) is 111 Å². The predicted molar refractivity (Wildman–Crippen MR) is 155 cm³/mol. The van der Waals surface area contributed by atoms with Gasteiger partial charge in [-0.1, -0.05) is 25.5 Å². The van der Waals surface area contributed by atoms with Gasteiger partial charge in [-0.3, -0.25) is 9.59 Å². The summed E-state index contributed by atoms with van der Waals surface area (Å²) in [6.45, 7) is 13.1. The van der Waals surface area contributed by atoms with Crippen LogP contribution in [-0.4, -0.2) is 55.9 Å². The molecule has 0 saturated heterocycles. The molecule has 0 radical (unpaired) electrons. The van der Waals surface area contributed by atoms with Crippen LogP contribution >= 0.6 is 0 Å². The highest BCUT2D eigenvalue weighted by Gasteiger charge is 2.43. The maximum Gasteiger partial charge on any atom is 0.167 e. The van der Waals surface area contributed by atoms with E-state index in [1.54, 1.807) is 13.8 Å². The van der Waals surface area contributed by atoms with Crippen LogP contribution in [0, 0.1) is 5.92 Å². The third kappa shape index (κ3) is 5.86. The zero-order chi connectivity index (χ0) is 31.1. The van der Waals surface area contributed by atoms with Gasteiger partial charge in [-0.15, -0.1) is 0 Å². The van der Waals surface area contributed by atoms with E-state index in [9.17, 15) is 35.1 Å². The second-order valence-electron chi connectivity index (χ2n) is 12.0. The SMILES string of the molecule is COc1c(CC=C(C)C)c(O)c([C@H](CC(C)C)c2c(O)c3c(c(C(C)=O)c2O)O[C@@H](C(C)(C)O)C3)c(O)c1C(C)=O. The minimum absolute atomic E-state index is 0.0106. The first-order chi connectivity index (χ1) is 18.9. The molecule has 9 nitrogen and oxygen atoms in total. The summed E-state index contributed by atoms with van der Waals surface area (Å²) >= 11 is 0. The minimum atomic E-state index is -1.32. The molecule has 1 aliphatic heterocycles. The lowest BCUT2D eigenvalue weighted by Gasteiger charge is -2.28. The zero-order valence-electron chi connectivity index (χ0n) is 25.3. The molecule has 0 spiro atoms. The van der Waals surface area contributed by atoms with E-state index < -0.39 is 40.7 Å². The number of phenols is 4. The van der Waals surface area contributed by atoms with E-state index >= 15 is 0 Å². The molecule has 0 saturated carbocycles. The molecule has 2 atom stereocenters. The number of methoxy groups -OCH3 is 1. The van der Waals surface area contributed by atoms with Crippen molar-refractivity contribution in [1.82, 2.24) is 0 Å². The molecular weight excluding hydrogens is 528 g/mol. The van der Waals surface area contributed by atoms with Crippen LogP contribution < -0.4 is 9.47 Å². The van der Waals surface area contributed by atoms with Gasteiger partial charge in [0.1, 0.15) is 51.7 Å². The third-order valence-corrected chi connectivity index (χ3v) is 7.53. The van der Waals surface area contributed by atoms with Crippen LogP contribution in [0.4, 0.5) is 0 Å². The fraction of sp³-hybridized carbons (Fsp3) is 0.500. The summed E-state index contributed by atoms with van der Waals surface area (Å²) in [5.74, 6) is -3.95. The molecule has 5 N–H and O–H groups in total. The van der Waals surface area contributed by atoms with E-state index in [4.69, 9.17) is 9.47 Å². The fourth-order valence-electron chi connectivity index (χ4n) is 5.52. The van der Waals surface area contributed by atoms with Gasteiger partial charge in [0.15, 0.2) is 11.6 Å². The van der Waals surface area contributed by atoms with E-state index in [0.717, 1.165) is 5.57 Å². The van der Waals surface area contributed by atoms with E-state index in [1.165, 1.54) is 21.0 Å². The summed E-state index contributed by atoms with van der Waals surface area (Å²) in [7, 11) is 1.34. The number of Topliss-reactive ketones (excluding diaryl/α,β-unsaturated/α-hetero) is 2. The summed E-state index contributed by atoms with van der Waals surface area (Å²) < 4.78 is 11.4. The molecule has 41 heavy (non-hydrogen) atoms. The number of ketones is 2. The molecular formula is C32H42O9. The van der Waals surface area contributed by atoms with Crippen molar-refractivity contribution in [3.8, 4) is 34.5 Å². The number of carbonyl (C=O) groups is 2. The lowest BCUT2D eigenvalue weighted by atomic mass is 9.78. The molecule has 0 bridgehead atoms. The van der Waals surface area contributed by atoms with Crippen molar-refractivity contribution in [3.05, 3.63) is 45.0 Å².